The van der Waals surface area contributed by atoms with Crippen LogP contribution in [0.4, 0.5) is 0 Å². The van der Waals surface area contributed by atoms with Gasteiger partial charge in [0.1, 0.15) is 24.2 Å². The van der Waals surface area contributed by atoms with Gasteiger partial charge in [0.2, 0.25) is 17.7 Å². The van der Waals surface area contributed by atoms with Gasteiger partial charge in [-0.15, -0.1) is 0 Å². The predicted molar refractivity (Wildman–Crippen MR) is 135 cm³/mol. The number of aliphatic carboxylic acids is 2. The fraction of sp³-hybridized carbons (Fsp3) is 0.478. The molecule has 0 saturated carbocycles. The first-order chi connectivity index (χ1) is 17.8. The van der Waals surface area contributed by atoms with Gasteiger partial charge in [0, 0.05) is 13.0 Å². The van der Waals surface area contributed by atoms with Crippen molar-refractivity contribution in [3.05, 3.63) is 35.9 Å². The lowest BCUT2D eigenvalue weighted by Gasteiger charge is -2.25. The lowest BCUT2D eigenvalue weighted by molar-refractivity contribution is -0.143. The van der Waals surface area contributed by atoms with Crippen LogP contribution in [0.2, 0.25) is 0 Å². The molecule has 0 aliphatic rings. The summed E-state index contributed by atoms with van der Waals surface area (Å²) in [5.41, 5.74) is 16.8. The van der Waals surface area contributed by atoms with Crippen molar-refractivity contribution in [2.45, 2.75) is 62.9 Å². The van der Waals surface area contributed by atoms with E-state index in [0.717, 1.165) is 0 Å². The molecular weight excluding hydrogens is 502 g/mol. The zero-order chi connectivity index (χ0) is 28.8. The van der Waals surface area contributed by atoms with E-state index < -0.39 is 66.4 Å². The maximum Gasteiger partial charge on any atom is 0.326 e. The summed E-state index contributed by atoms with van der Waals surface area (Å²) in [5, 5.41) is 35.2. The standard InChI is InChI=1S/C23H35N7O8/c1-12(31)18(24)21(36)28-14(8-5-9-27-23(25)26)19(34)29-15(11-17(32)33)20(35)30-16(22(37)38)10-13-6-3-2-4-7-13/h2-4,6-7,12,14-16,18,31H,5,8-11,24H2,1H3,(H,28,36)(H,29,34)(H,30,35)(H,32,33)(H,37,38)(H4,25,26,27). The molecule has 0 aromatic heterocycles. The van der Waals surface area contributed by atoms with Crippen molar-refractivity contribution in [3.8, 4) is 0 Å². The van der Waals surface area contributed by atoms with Gasteiger partial charge in [-0.25, -0.2) is 4.79 Å². The lowest BCUT2D eigenvalue weighted by Crippen LogP contribution is -2.58. The minimum Gasteiger partial charge on any atom is -0.481 e. The van der Waals surface area contributed by atoms with Gasteiger partial charge in [-0.05, 0) is 25.3 Å². The van der Waals surface area contributed by atoms with Crippen LogP contribution in [0.1, 0.15) is 31.7 Å². The summed E-state index contributed by atoms with van der Waals surface area (Å²) < 4.78 is 0. The van der Waals surface area contributed by atoms with Gasteiger partial charge in [-0.3, -0.25) is 24.2 Å². The van der Waals surface area contributed by atoms with Crippen LogP contribution in [-0.2, 0) is 30.4 Å². The Hall–Kier alpha value is -4.24. The molecule has 210 valence electrons. The molecule has 5 unspecified atom stereocenters. The van der Waals surface area contributed by atoms with Crippen molar-refractivity contribution in [2.75, 3.05) is 6.54 Å². The van der Waals surface area contributed by atoms with E-state index in [1.54, 1.807) is 30.3 Å². The van der Waals surface area contributed by atoms with Gasteiger partial charge in [0.15, 0.2) is 5.96 Å². The second kappa shape index (κ2) is 15.8. The van der Waals surface area contributed by atoms with Crippen molar-refractivity contribution in [2.24, 2.45) is 22.2 Å². The van der Waals surface area contributed by atoms with Crippen molar-refractivity contribution in [1.82, 2.24) is 16.0 Å². The Kier molecular flexibility index (Phi) is 13.2. The highest BCUT2D eigenvalue weighted by Gasteiger charge is 2.32. The summed E-state index contributed by atoms with van der Waals surface area (Å²) in [6.45, 7) is 1.38. The number of amides is 3. The van der Waals surface area contributed by atoms with Crippen LogP contribution in [-0.4, -0.2) is 87.8 Å². The van der Waals surface area contributed by atoms with E-state index >= 15 is 0 Å². The highest BCUT2D eigenvalue weighted by atomic mass is 16.4. The molecule has 15 nitrogen and oxygen atoms in total. The first kappa shape index (κ1) is 31.8. The van der Waals surface area contributed by atoms with Crippen LogP contribution < -0.4 is 33.2 Å². The Morgan fingerprint density at radius 3 is 1.97 bits per heavy atom. The van der Waals surface area contributed by atoms with Crippen molar-refractivity contribution in [3.63, 3.8) is 0 Å². The fourth-order valence-corrected chi connectivity index (χ4v) is 3.24. The van der Waals surface area contributed by atoms with Gasteiger partial charge >= 0.3 is 11.9 Å². The normalized spacial score (nSPS) is 14.6. The highest BCUT2D eigenvalue weighted by Crippen LogP contribution is 2.06. The third-order valence-corrected chi connectivity index (χ3v) is 5.31. The van der Waals surface area contributed by atoms with Crippen molar-refractivity contribution >= 4 is 35.6 Å². The summed E-state index contributed by atoms with van der Waals surface area (Å²) in [6.07, 6.45) is -2.02. The second-order valence-electron chi connectivity index (χ2n) is 8.52. The Bertz CT molecular complexity index is 999. The smallest absolute Gasteiger partial charge is 0.326 e. The van der Waals surface area contributed by atoms with E-state index in [-0.39, 0.29) is 31.8 Å². The number of carbonyl (C=O) groups is 5. The molecule has 3 amide bonds. The molecule has 0 radical (unpaired) electrons. The summed E-state index contributed by atoms with van der Waals surface area (Å²) >= 11 is 0. The molecule has 0 aliphatic carbocycles. The zero-order valence-corrected chi connectivity index (χ0v) is 20.9. The number of aliphatic imine (C=N–C) groups is 1. The number of hydrogen-bond donors (Lipinski definition) is 9. The number of carbonyl (C=O) groups excluding carboxylic acids is 3. The van der Waals surface area contributed by atoms with Crippen LogP contribution >= 0.6 is 0 Å². The SMILES string of the molecule is CC(O)C(N)C(=O)NC(CCCN=C(N)N)C(=O)NC(CC(=O)O)C(=O)NC(Cc1ccccc1)C(=O)O. The van der Waals surface area contributed by atoms with Gasteiger partial charge in [-0.1, -0.05) is 30.3 Å². The number of carboxylic acids is 2. The van der Waals surface area contributed by atoms with Crippen LogP contribution in [0.3, 0.4) is 0 Å². The third-order valence-electron chi connectivity index (χ3n) is 5.31. The van der Waals surface area contributed by atoms with E-state index in [2.05, 4.69) is 20.9 Å². The average Bonchev–Trinajstić information content (AvgIpc) is 2.84. The van der Waals surface area contributed by atoms with Crippen LogP contribution in [0.15, 0.2) is 35.3 Å². The maximum absolute atomic E-state index is 13.0. The number of nitrogens with zero attached hydrogens (tertiary/aromatic N) is 1. The minimum atomic E-state index is -1.67. The average molecular weight is 538 g/mol. The molecule has 1 aromatic carbocycles. The quantitative estimate of drug-likeness (QED) is 0.0582. The monoisotopic (exact) mass is 537 g/mol. The number of rotatable bonds is 16. The second-order valence-corrected chi connectivity index (χ2v) is 8.52. The molecule has 5 atom stereocenters. The van der Waals surface area contributed by atoms with Crippen LogP contribution in [0.25, 0.3) is 0 Å². The zero-order valence-electron chi connectivity index (χ0n) is 20.9. The number of aliphatic hydroxyl groups excluding tert-OH is 1. The number of carboxylic acid groups (broad SMARTS) is 2. The molecule has 15 heteroatoms. The molecule has 0 aliphatic heterocycles. The first-order valence-electron chi connectivity index (χ1n) is 11.7. The van der Waals surface area contributed by atoms with E-state index in [1.165, 1.54) is 6.92 Å². The topological polar surface area (TPSA) is 273 Å². The summed E-state index contributed by atoms with van der Waals surface area (Å²) in [7, 11) is 0. The van der Waals surface area contributed by atoms with Gasteiger partial charge in [0.05, 0.1) is 12.5 Å². The Morgan fingerprint density at radius 2 is 1.45 bits per heavy atom. The van der Waals surface area contributed by atoms with Gasteiger partial charge < -0.3 is 48.5 Å². The molecule has 38 heavy (non-hydrogen) atoms. The summed E-state index contributed by atoms with van der Waals surface area (Å²) in [6, 6.07) is 2.69. The Labute approximate surface area is 218 Å². The lowest BCUT2D eigenvalue weighted by atomic mass is 10.0. The summed E-state index contributed by atoms with van der Waals surface area (Å²) in [4.78, 5) is 65.1. The third kappa shape index (κ3) is 11.7. The predicted octanol–water partition coefficient (Wildman–Crippen LogP) is -3.00. The van der Waals surface area contributed by atoms with Gasteiger partial charge in [0.25, 0.3) is 0 Å². The Balaban J connectivity index is 3.05. The van der Waals surface area contributed by atoms with Crippen molar-refractivity contribution in [1.29, 1.82) is 0 Å². The number of nitrogens with two attached hydrogens (primary N) is 3. The fourth-order valence-electron chi connectivity index (χ4n) is 3.24. The Morgan fingerprint density at radius 1 is 0.895 bits per heavy atom. The molecular formula is C23H35N7O8. The minimum absolute atomic E-state index is 0.0337. The number of guanidine groups is 1. The maximum atomic E-state index is 13.0. The molecule has 0 fully saturated rings. The van der Waals surface area contributed by atoms with Crippen molar-refractivity contribution < 1.29 is 39.3 Å². The van der Waals surface area contributed by atoms with Crippen LogP contribution in [0.5, 0.6) is 0 Å². The van der Waals surface area contributed by atoms with E-state index in [1.807, 2.05) is 0 Å². The molecule has 12 N–H and O–H groups in total. The number of aliphatic hydroxyl groups is 1. The number of benzene rings is 1. The molecule has 1 rings (SSSR count). The molecule has 0 saturated heterocycles. The largest absolute Gasteiger partial charge is 0.481 e. The first-order valence-corrected chi connectivity index (χ1v) is 11.7. The highest BCUT2D eigenvalue weighted by molar-refractivity contribution is 5.95. The molecule has 1 aromatic rings. The number of nitrogens with one attached hydrogen (secondary N) is 3. The van der Waals surface area contributed by atoms with E-state index in [0.29, 0.717) is 5.56 Å². The van der Waals surface area contributed by atoms with Crippen LogP contribution in [0, 0.1) is 0 Å². The number of hydrogen-bond acceptors (Lipinski definition) is 8. The molecule has 0 spiro atoms. The molecule has 0 heterocycles. The molecule has 0 bridgehead atoms. The summed E-state index contributed by atoms with van der Waals surface area (Å²) in [5.74, 6) is -5.83. The van der Waals surface area contributed by atoms with E-state index in [4.69, 9.17) is 17.2 Å². The van der Waals surface area contributed by atoms with E-state index in [9.17, 15) is 39.3 Å². The van der Waals surface area contributed by atoms with Gasteiger partial charge in [-0.2, -0.15) is 0 Å².